The van der Waals surface area contributed by atoms with E-state index in [0.29, 0.717) is 6.54 Å². The maximum absolute atomic E-state index is 11.4. The van der Waals surface area contributed by atoms with Crippen LogP contribution in [0.15, 0.2) is 18.3 Å². The molecule has 0 spiro atoms. The molecule has 1 aliphatic heterocycles. The summed E-state index contributed by atoms with van der Waals surface area (Å²) in [5.74, 6) is 0.999. The minimum absolute atomic E-state index is 0.374. The lowest BCUT2D eigenvalue weighted by Crippen LogP contribution is -2.32. The van der Waals surface area contributed by atoms with Crippen molar-refractivity contribution in [3.05, 3.63) is 29.5 Å². The van der Waals surface area contributed by atoms with Gasteiger partial charge in [0.15, 0.2) is 0 Å². The topological polar surface area (TPSA) is 63.2 Å². The molecule has 0 unspecified atom stereocenters. The Balaban J connectivity index is 1.72. The minimum atomic E-state index is -0.454. The number of nitrogens with zero attached hydrogens (tertiary/aromatic N) is 1. The van der Waals surface area contributed by atoms with Gasteiger partial charge in [0.2, 0.25) is 0 Å². The summed E-state index contributed by atoms with van der Waals surface area (Å²) in [6, 6.07) is 2.15. The Bertz CT molecular complexity index is 533. The number of pyridine rings is 1. The van der Waals surface area contributed by atoms with Gasteiger partial charge in [0.25, 0.3) is 0 Å². The highest BCUT2D eigenvalue weighted by molar-refractivity contribution is 5.67. The molecule has 0 radical (unpaired) electrons. The third-order valence-corrected chi connectivity index (χ3v) is 2.96. The molecular weight excluding hydrogens is 266 g/mol. The molecule has 0 saturated carbocycles. The van der Waals surface area contributed by atoms with Gasteiger partial charge in [-0.25, -0.2) is 9.78 Å². The number of anilines is 1. The van der Waals surface area contributed by atoms with E-state index in [-0.39, 0.29) is 6.09 Å². The van der Waals surface area contributed by atoms with Gasteiger partial charge in [-0.05, 0) is 50.8 Å². The Morgan fingerprint density at radius 1 is 1.52 bits per heavy atom. The van der Waals surface area contributed by atoms with Crippen molar-refractivity contribution in [2.45, 2.75) is 39.2 Å². The first-order valence-corrected chi connectivity index (χ1v) is 7.30. The molecule has 0 fully saturated rings. The number of hydrogen-bond acceptors (Lipinski definition) is 4. The van der Waals surface area contributed by atoms with Crippen LogP contribution in [0.2, 0.25) is 0 Å². The van der Waals surface area contributed by atoms with Crippen molar-refractivity contribution in [3.63, 3.8) is 0 Å². The van der Waals surface area contributed by atoms with E-state index in [1.54, 1.807) is 0 Å². The molecule has 0 aliphatic carbocycles. The lowest BCUT2D eigenvalue weighted by Gasteiger charge is -2.19. The molecule has 0 atom stereocenters. The fourth-order valence-electron chi connectivity index (χ4n) is 2.08. The number of carbonyl (C=O) groups is 1. The highest BCUT2D eigenvalue weighted by Gasteiger charge is 2.15. The SMILES string of the molecule is CC(C)(C)OC(=O)NCCC=Cc1cnc2c(c1)CCN2. The smallest absolute Gasteiger partial charge is 0.407 e. The number of fused-ring (bicyclic) bond motifs is 1. The van der Waals surface area contributed by atoms with Crippen LogP contribution < -0.4 is 10.6 Å². The standard InChI is InChI=1S/C16H23N3O2/c1-16(2,3)21-15(20)18-8-5-4-6-12-10-13-7-9-17-14(13)19-11-12/h4,6,10-11H,5,7-9H2,1-3H3,(H,17,19)(H,18,20). The van der Waals surface area contributed by atoms with E-state index in [4.69, 9.17) is 4.74 Å². The van der Waals surface area contributed by atoms with Crippen LogP contribution in [0.25, 0.3) is 6.08 Å². The third-order valence-electron chi connectivity index (χ3n) is 2.96. The van der Waals surface area contributed by atoms with Crippen molar-refractivity contribution in [1.82, 2.24) is 10.3 Å². The zero-order valence-corrected chi connectivity index (χ0v) is 12.9. The van der Waals surface area contributed by atoms with E-state index in [9.17, 15) is 4.79 Å². The van der Waals surface area contributed by atoms with E-state index in [0.717, 1.165) is 30.8 Å². The predicted molar refractivity (Wildman–Crippen MR) is 84.3 cm³/mol. The first kappa shape index (κ1) is 15.4. The van der Waals surface area contributed by atoms with Crippen LogP contribution >= 0.6 is 0 Å². The molecule has 0 aromatic carbocycles. The molecule has 1 amide bonds. The van der Waals surface area contributed by atoms with Crippen LogP contribution in [-0.4, -0.2) is 29.8 Å². The molecule has 1 aromatic rings. The molecule has 2 N–H and O–H groups in total. The number of amides is 1. The van der Waals surface area contributed by atoms with Crippen LogP contribution in [0.5, 0.6) is 0 Å². The second-order valence-corrected chi connectivity index (χ2v) is 6.07. The highest BCUT2D eigenvalue weighted by atomic mass is 16.6. The van der Waals surface area contributed by atoms with E-state index >= 15 is 0 Å². The van der Waals surface area contributed by atoms with E-state index in [1.807, 2.05) is 39.1 Å². The molecule has 1 aliphatic rings. The highest BCUT2D eigenvalue weighted by Crippen LogP contribution is 2.20. The third kappa shape index (κ3) is 5.10. The van der Waals surface area contributed by atoms with Crippen molar-refractivity contribution < 1.29 is 9.53 Å². The van der Waals surface area contributed by atoms with Crippen molar-refractivity contribution in [2.75, 3.05) is 18.4 Å². The van der Waals surface area contributed by atoms with Gasteiger partial charge in [-0.1, -0.05) is 12.2 Å². The molecule has 114 valence electrons. The molecule has 5 heteroatoms. The van der Waals surface area contributed by atoms with Crippen LogP contribution in [0.1, 0.15) is 38.3 Å². The van der Waals surface area contributed by atoms with Gasteiger partial charge in [-0.15, -0.1) is 0 Å². The molecular formula is C16H23N3O2. The Labute approximate surface area is 125 Å². The molecule has 0 bridgehead atoms. The Morgan fingerprint density at radius 2 is 2.33 bits per heavy atom. The number of hydrogen-bond donors (Lipinski definition) is 2. The normalized spacial score (nSPS) is 13.9. The maximum Gasteiger partial charge on any atom is 0.407 e. The minimum Gasteiger partial charge on any atom is -0.444 e. The fourth-order valence-corrected chi connectivity index (χ4v) is 2.08. The van der Waals surface area contributed by atoms with Gasteiger partial charge in [-0.2, -0.15) is 0 Å². The summed E-state index contributed by atoms with van der Waals surface area (Å²) in [6.07, 6.45) is 7.33. The van der Waals surface area contributed by atoms with Gasteiger partial charge in [-0.3, -0.25) is 0 Å². The van der Waals surface area contributed by atoms with Gasteiger partial charge in [0, 0.05) is 19.3 Å². The Kier molecular flexibility index (Phi) is 4.83. The zero-order chi connectivity index (χ0) is 15.3. The molecule has 2 heterocycles. The van der Waals surface area contributed by atoms with E-state index < -0.39 is 5.60 Å². The first-order chi connectivity index (χ1) is 9.94. The Hall–Kier alpha value is -2.04. The van der Waals surface area contributed by atoms with Crippen molar-refractivity contribution in [2.24, 2.45) is 0 Å². The largest absolute Gasteiger partial charge is 0.444 e. The monoisotopic (exact) mass is 289 g/mol. The molecule has 0 saturated heterocycles. The molecule has 5 nitrogen and oxygen atoms in total. The number of nitrogens with one attached hydrogen (secondary N) is 2. The number of carbonyl (C=O) groups excluding carboxylic acids is 1. The zero-order valence-electron chi connectivity index (χ0n) is 12.9. The van der Waals surface area contributed by atoms with Crippen molar-refractivity contribution in [3.8, 4) is 0 Å². The molecule has 21 heavy (non-hydrogen) atoms. The Morgan fingerprint density at radius 3 is 3.10 bits per heavy atom. The average Bonchev–Trinajstić information content (AvgIpc) is 2.83. The van der Waals surface area contributed by atoms with Crippen molar-refractivity contribution in [1.29, 1.82) is 0 Å². The second kappa shape index (κ2) is 6.61. The summed E-state index contributed by atoms with van der Waals surface area (Å²) in [5, 5.41) is 5.97. The van der Waals surface area contributed by atoms with Crippen LogP contribution in [-0.2, 0) is 11.2 Å². The van der Waals surface area contributed by atoms with Crippen LogP contribution in [0.3, 0.4) is 0 Å². The summed E-state index contributed by atoms with van der Waals surface area (Å²) in [6.45, 7) is 7.08. The summed E-state index contributed by atoms with van der Waals surface area (Å²) in [7, 11) is 0. The summed E-state index contributed by atoms with van der Waals surface area (Å²) in [5.41, 5.74) is 1.91. The number of ether oxygens (including phenoxy) is 1. The van der Waals surface area contributed by atoms with Gasteiger partial charge in [0.05, 0.1) is 0 Å². The van der Waals surface area contributed by atoms with Crippen LogP contribution in [0.4, 0.5) is 10.6 Å². The van der Waals surface area contributed by atoms with Gasteiger partial charge >= 0.3 is 6.09 Å². The average molecular weight is 289 g/mol. The quantitative estimate of drug-likeness (QED) is 0.836. The van der Waals surface area contributed by atoms with Gasteiger partial charge < -0.3 is 15.4 Å². The first-order valence-electron chi connectivity index (χ1n) is 7.30. The predicted octanol–water partition coefficient (Wildman–Crippen LogP) is 2.98. The molecule has 1 aromatic heterocycles. The van der Waals surface area contributed by atoms with Crippen molar-refractivity contribution >= 4 is 18.0 Å². The number of rotatable bonds is 4. The van der Waals surface area contributed by atoms with E-state index in [2.05, 4.69) is 21.7 Å². The lowest BCUT2D eigenvalue weighted by molar-refractivity contribution is 0.0529. The summed E-state index contributed by atoms with van der Waals surface area (Å²) < 4.78 is 5.16. The maximum atomic E-state index is 11.4. The number of alkyl carbamates (subject to hydrolysis) is 1. The fraction of sp³-hybridized carbons (Fsp3) is 0.500. The van der Waals surface area contributed by atoms with Gasteiger partial charge in [0.1, 0.15) is 11.4 Å². The molecule has 2 rings (SSSR count). The second-order valence-electron chi connectivity index (χ2n) is 6.07. The number of aromatic nitrogens is 1. The summed E-state index contributed by atoms with van der Waals surface area (Å²) in [4.78, 5) is 15.8. The van der Waals surface area contributed by atoms with Crippen LogP contribution in [0, 0.1) is 0 Å². The lowest BCUT2D eigenvalue weighted by atomic mass is 10.1. The summed E-state index contributed by atoms with van der Waals surface area (Å²) >= 11 is 0. The van der Waals surface area contributed by atoms with E-state index in [1.165, 1.54) is 5.56 Å².